The Labute approximate surface area is 114 Å². The molecule has 1 aliphatic carbocycles. The minimum absolute atomic E-state index is 0.00336. The Morgan fingerprint density at radius 3 is 2.88 bits per heavy atom. The Balaban J connectivity index is 2.01. The number of nitrogens with two attached hydrogens (primary N) is 1. The van der Waals surface area contributed by atoms with Gasteiger partial charge in [-0.25, -0.2) is 0 Å². The minimum atomic E-state index is -0.0280. The Kier molecular flexibility index (Phi) is 4.31. The zero-order chi connectivity index (χ0) is 12.4. The first-order valence-electron chi connectivity index (χ1n) is 5.60. The van der Waals surface area contributed by atoms with Crippen molar-refractivity contribution in [3.05, 3.63) is 27.7 Å². The van der Waals surface area contributed by atoms with Gasteiger partial charge in [-0.05, 0) is 25.1 Å². The highest BCUT2D eigenvalue weighted by Gasteiger charge is 2.41. The second-order valence-electron chi connectivity index (χ2n) is 4.05. The smallest absolute Gasteiger partial charge is 0.138 e. The summed E-state index contributed by atoms with van der Waals surface area (Å²) in [7, 11) is 0. The van der Waals surface area contributed by atoms with Gasteiger partial charge in [0.1, 0.15) is 18.0 Å². The van der Waals surface area contributed by atoms with Crippen LogP contribution in [0.25, 0.3) is 0 Å². The van der Waals surface area contributed by atoms with Gasteiger partial charge in [0.05, 0.1) is 5.02 Å². The molecule has 3 unspecified atom stereocenters. The van der Waals surface area contributed by atoms with E-state index >= 15 is 0 Å². The van der Waals surface area contributed by atoms with Gasteiger partial charge in [-0.3, -0.25) is 0 Å². The fraction of sp³-hybridized carbons (Fsp3) is 0.500. The summed E-state index contributed by atoms with van der Waals surface area (Å²) in [5, 5.41) is 0.593. The summed E-state index contributed by atoms with van der Waals surface area (Å²) in [4.78, 5) is 0. The molecule has 1 fully saturated rings. The molecule has 0 aromatic heterocycles. The van der Waals surface area contributed by atoms with Crippen molar-refractivity contribution in [2.24, 2.45) is 5.73 Å². The molecular formula is C12H15BrClNO2. The lowest BCUT2D eigenvalue weighted by atomic mass is 9.86. The number of ether oxygens (including phenoxy) is 2. The van der Waals surface area contributed by atoms with Crippen molar-refractivity contribution >= 4 is 27.5 Å². The van der Waals surface area contributed by atoms with E-state index in [4.69, 9.17) is 26.8 Å². The van der Waals surface area contributed by atoms with Crippen molar-refractivity contribution in [2.75, 3.05) is 6.61 Å². The first kappa shape index (κ1) is 13.1. The average molecular weight is 321 g/mol. The van der Waals surface area contributed by atoms with E-state index in [2.05, 4.69) is 15.9 Å². The van der Waals surface area contributed by atoms with Crippen molar-refractivity contribution in [1.29, 1.82) is 0 Å². The molecule has 3 nitrogen and oxygen atoms in total. The SMILES string of the molecule is CCOC1C(N)CC1Oc1ccc(Br)cc1Cl. The topological polar surface area (TPSA) is 44.5 Å². The molecule has 0 bridgehead atoms. The van der Waals surface area contributed by atoms with Crippen molar-refractivity contribution < 1.29 is 9.47 Å². The fourth-order valence-electron chi connectivity index (χ4n) is 1.89. The number of rotatable bonds is 4. The molecule has 5 heteroatoms. The third kappa shape index (κ3) is 2.94. The third-order valence-electron chi connectivity index (χ3n) is 2.82. The Hall–Kier alpha value is -0.290. The van der Waals surface area contributed by atoms with Crippen molar-refractivity contribution in [1.82, 2.24) is 0 Å². The van der Waals surface area contributed by atoms with Crippen LogP contribution >= 0.6 is 27.5 Å². The molecular weight excluding hydrogens is 305 g/mol. The molecule has 94 valence electrons. The van der Waals surface area contributed by atoms with E-state index in [9.17, 15) is 0 Å². The van der Waals surface area contributed by atoms with Crippen molar-refractivity contribution in [3.8, 4) is 5.75 Å². The molecule has 0 heterocycles. The molecule has 1 aliphatic rings. The van der Waals surface area contributed by atoms with Crippen LogP contribution in [-0.2, 0) is 4.74 Å². The van der Waals surface area contributed by atoms with Gasteiger partial charge in [0, 0.05) is 23.5 Å². The minimum Gasteiger partial charge on any atom is -0.486 e. The summed E-state index contributed by atoms with van der Waals surface area (Å²) in [5.74, 6) is 0.677. The van der Waals surface area contributed by atoms with E-state index in [0.29, 0.717) is 17.4 Å². The van der Waals surface area contributed by atoms with Gasteiger partial charge in [0.15, 0.2) is 0 Å². The third-order valence-corrected chi connectivity index (χ3v) is 3.61. The van der Waals surface area contributed by atoms with Crippen LogP contribution in [0.5, 0.6) is 5.75 Å². The molecule has 1 aromatic carbocycles. The number of hydrogen-bond acceptors (Lipinski definition) is 3. The van der Waals surface area contributed by atoms with Crippen molar-refractivity contribution in [2.45, 2.75) is 31.6 Å². The van der Waals surface area contributed by atoms with Crippen LogP contribution < -0.4 is 10.5 Å². The molecule has 1 saturated carbocycles. The summed E-state index contributed by atoms with van der Waals surface area (Å²) in [6.45, 7) is 2.60. The second-order valence-corrected chi connectivity index (χ2v) is 5.37. The lowest BCUT2D eigenvalue weighted by Gasteiger charge is -2.41. The molecule has 2 rings (SSSR count). The first-order valence-corrected chi connectivity index (χ1v) is 6.77. The highest BCUT2D eigenvalue weighted by molar-refractivity contribution is 9.10. The highest BCUT2D eigenvalue weighted by atomic mass is 79.9. The predicted octanol–water partition coefficient (Wildman–Crippen LogP) is 2.99. The molecule has 1 aromatic rings. The van der Waals surface area contributed by atoms with Crippen molar-refractivity contribution in [3.63, 3.8) is 0 Å². The van der Waals surface area contributed by atoms with Gasteiger partial charge in [-0.15, -0.1) is 0 Å². The Morgan fingerprint density at radius 1 is 1.53 bits per heavy atom. The average Bonchev–Trinajstić information content (AvgIpc) is 2.28. The summed E-state index contributed by atoms with van der Waals surface area (Å²) < 4.78 is 12.3. The van der Waals surface area contributed by atoms with Gasteiger partial charge in [0.2, 0.25) is 0 Å². The van der Waals surface area contributed by atoms with E-state index < -0.39 is 0 Å². The Bertz CT molecular complexity index is 402. The molecule has 2 N–H and O–H groups in total. The number of hydrogen-bond donors (Lipinski definition) is 1. The predicted molar refractivity (Wildman–Crippen MR) is 71.6 cm³/mol. The molecule has 0 amide bonds. The fourth-order valence-corrected chi connectivity index (χ4v) is 2.61. The lowest BCUT2D eigenvalue weighted by Crippen LogP contribution is -2.59. The molecule has 17 heavy (non-hydrogen) atoms. The quantitative estimate of drug-likeness (QED) is 0.927. The van der Waals surface area contributed by atoms with Crippen LogP contribution in [0.2, 0.25) is 5.02 Å². The van der Waals surface area contributed by atoms with Crippen LogP contribution in [0.3, 0.4) is 0 Å². The molecule has 0 saturated heterocycles. The standard InChI is InChI=1S/C12H15BrClNO2/c1-2-16-12-9(15)6-11(12)17-10-4-3-7(13)5-8(10)14/h3-5,9,11-12H,2,6,15H2,1H3. The van der Waals surface area contributed by atoms with Gasteiger partial charge < -0.3 is 15.2 Å². The maximum atomic E-state index is 6.09. The molecule has 0 aliphatic heterocycles. The number of halogens is 2. The van der Waals surface area contributed by atoms with E-state index in [-0.39, 0.29) is 18.2 Å². The van der Waals surface area contributed by atoms with E-state index in [1.165, 1.54) is 0 Å². The normalized spacial score (nSPS) is 27.6. The zero-order valence-corrected chi connectivity index (χ0v) is 11.9. The lowest BCUT2D eigenvalue weighted by molar-refractivity contribution is -0.0945. The molecule has 0 spiro atoms. The molecule has 0 radical (unpaired) electrons. The second kappa shape index (κ2) is 5.57. The number of benzene rings is 1. The highest BCUT2D eigenvalue weighted by Crippen LogP contribution is 2.33. The van der Waals surface area contributed by atoms with E-state index in [1.54, 1.807) is 0 Å². The van der Waals surface area contributed by atoms with Gasteiger partial charge in [-0.2, -0.15) is 0 Å². The summed E-state index contributed by atoms with van der Waals surface area (Å²) in [6, 6.07) is 5.62. The summed E-state index contributed by atoms with van der Waals surface area (Å²) in [6.07, 6.45) is 0.778. The summed E-state index contributed by atoms with van der Waals surface area (Å²) in [5.41, 5.74) is 5.87. The largest absolute Gasteiger partial charge is 0.486 e. The molecule has 3 atom stereocenters. The maximum Gasteiger partial charge on any atom is 0.138 e. The van der Waals surface area contributed by atoms with E-state index in [1.807, 2.05) is 25.1 Å². The first-order chi connectivity index (χ1) is 8.11. The Morgan fingerprint density at radius 2 is 2.29 bits per heavy atom. The van der Waals surface area contributed by atoms with Crippen LogP contribution in [0.4, 0.5) is 0 Å². The van der Waals surface area contributed by atoms with Crippen LogP contribution in [0.15, 0.2) is 22.7 Å². The van der Waals surface area contributed by atoms with E-state index in [0.717, 1.165) is 10.9 Å². The van der Waals surface area contributed by atoms with Gasteiger partial charge in [-0.1, -0.05) is 27.5 Å². The van der Waals surface area contributed by atoms with Crippen LogP contribution in [0.1, 0.15) is 13.3 Å². The van der Waals surface area contributed by atoms with Crippen LogP contribution in [-0.4, -0.2) is 24.9 Å². The summed E-state index contributed by atoms with van der Waals surface area (Å²) >= 11 is 9.44. The van der Waals surface area contributed by atoms with Gasteiger partial charge in [0.25, 0.3) is 0 Å². The van der Waals surface area contributed by atoms with Crippen LogP contribution in [0, 0.1) is 0 Å². The monoisotopic (exact) mass is 319 g/mol. The maximum absolute atomic E-state index is 6.09. The van der Waals surface area contributed by atoms with Gasteiger partial charge >= 0.3 is 0 Å². The zero-order valence-electron chi connectivity index (χ0n) is 9.53.